The quantitative estimate of drug-likeness (QED) is 0.0201. The fourth-order valence-electron chi connectivity index (χ4n) is 5.78. The lowest BCUT2D eigenvalue weighted by Gasteiger charge is -2.18. The molecule has 0 aliphatic heterocycles. The Morgan fingerprint density at radius 3 is 1.11 bits per heavy atom. The molecule has 0 fully saturated rings. The maximum Gasteiger partial charge on any atom is 0.306 e. The molecule has 6 nitrogen and oxygen atoms in total. The molecule has 1 atom stereocenters. The van der Waals surface area contributed by atoms with Gasteiger partial charge < -0.3 is 14.2 Å². The molecule has 1 unspecified atom stereocenters. The molecular weight excluding hydrogens is 769 g/mol. The molecule has 0 rings (SSSR count). The topological polar surface area (TPSA) is 78.9 Å². The second-order valence-corrected chi connectivity index (χ2v) is 15.1. The van der Waals surface area contributed by atoms with E-state index in [-0.39, 0.29) is 37.5 Å². The summed E-state index contributed by atoms with van der Waals surface area (Å²) in [6.45, 7) is 6.13. The zero-order chi connectivity index (χ0) is 45.1. The summed E-state index contributed by atoms with van der Waals surface area (Å²) in [4.78, 5) is 37.9. The zero-order valence-electron chi connectivity index (χ0n) is 39.1. The van der Waals surface area contributed by atoms with Gasteiger partial charge in [-0.3, -0.25) is 14.4 Å². The van der Waals surface area contributed by atoms with Crippen LogP contribution in [0.2, 0.25) is 0 Å². The molecule has 0 aromatic carbocycles. The van der Waals surface area contributed by atoms with Gasteiger partial charge in [0.1, 0.15) is 13.2 Å². The number of esters is 3. The van der Waals surface area contributed by atoms with Crippen LogP contribution in [0.5, 0.6) is 0 Å². The SMILES string of the molecule is CC\C=C/C=C\C=C/C=C\C=C\C=C/CCCCCC(=O)OCC(COC(=O)CCCCCCC\C=C/C=C\C=C/CC)OC(=O)CCCCCC/C=C\C/C=C\C/C=C\CC. The van der Waals surface area contributed by atoms with Gasteiger partial charge in [0, 0.05) is 19.3 Å². The number of rotatable bonds is 40. The number of carbonyl (C=O) groups is 3. The van der Waals surface area contributed by atoms with Crippen LogP contribution in [0.15, 0.2) is 146 Å². The lowest BCUT2D eigenvalue weighted by atomic mass is 10.1. The Labute approximate surface area is 378 Å². The Morgan fingerprint density at radius 2 is 0.661 bits per heavy atom. The van der Waals surface area contributed by atoms with Gasteiger partial charge in [-0.1, -0.05) is 205 Å². The normalized spacial score (nSPS) is 13.4. The summed E-state index contributed by atoms with van der Waals surface area (Å²) in [5.74, 6) is -1.02. The van der Waals surface area contributed by atoms with E-state index >= 15 is 0 Å². The van der Waals surface area contributed by atoms with E-state index < -0.39 is 6.10 Å². The van der Waals surface area contributed by atoms with Gasteiger partial charge >= 0.3 is 17.9 Å². The fourth-order valence-corrected chi connectivity index (χ4v) is 5.78. The summed E-state index contributed by atoms with van der Waals surface area (Å²) in [6, 6.07) is 0. The highest BCUT2D eigenvalue weighted by Gasteiger charge is 2.19. The zero-order valence-corrected chi connectivity index (χ0v) is 39.1. The number of ether oxygens (including phenoxy) is 3. The summed E-state index contributed by atoms with van der Waals surface area (Å²) in [5.41, 5.74) is 0. The Kier molecular flexibility index (Phi) is 45.2. The highest BCUT2D eigenvalue weighted by Crippen LogP contribution is 2.12. The minimum absolute atomic E-state index is 0.120. The second kappa shape index (κ2) is 49.0. The average Bonchev–Trinajstić information content (AvgIpc) is 3.27. The van der Waals surface area contributed by atoms with Crippen molar-refractivity contribution in [3.05, 3.63) is 146 Å². The number of hydrogen-bond acceptors (Lipinski definition) is 6. The van der Waals surface area contributed by atoms with E-state index in [9.17, 15) is 14.4 Å². The second-order valence-electron chi connectivity index (χ2n) is 15.1. The summed E-state index contributed by atoms with van der Waals surface area (Å²) in [7, 11) is 0. The Hall–Kier alpha value is -4.71. The summed E-state index contributed by atoms with van der Waals surface area (Å²) in [6.07, 6.45) is 69.7. The van der Waals surface area contributed by atoms with Crippen LogP contribution in [0.1, 0.15) is 168 Å². The van der Waals surface area contributed by atoms with Crippen LogP contribution >= 0.6 is 0 Å². The van der Waals surface area contributed by atoms with E-state index in [2.05, 4.69) is 99.8 Å². The number of unbranched alkanes of at least 4 members (excludes halogenated alkanes) is 12. The van der Waals surface area contributed by atoms with Crippen molar-refractivity contribution < 1.29 is 28.6 Å². The molecular formula is C56H84O6. The molecule has 0 saturated heterocycles. The van der Waals surface area contributed by atoms with Crippen molar-refractivity contribution in [2.24, 2.45) is 0 Å². The van der Waals surface area contributed by atoms with Crippen molar-refractivity contribution in [2.45, 2.75) is 175 Å². The standard InChI is InChI=1S/C56H84O6/c1-4-7-10-13-16-19-22-25-27-28-29-32-34-37-40-43-46-49-55(58)61-52-53(51-60-54(57)48-45-42-39-36-33-30-24-21-18-15-12-9-6-3)62-56(59)50-47-44-41-38-35-31-26-23-20-17-14-11-8-5-2/h7-13,15-22,24-29,31-32,34,53H,4-6,14,23,30,33,35-52H2,1-3H3/b10-7-,11-8-,12-9-,16-13-,18-15-,20-17-,22-19-,24-21-,27-25-,29-28+,31-26-,34-32-. The number of carbonyl (C=O) groups excluding carboxylic acids is 3. The minimum atomic E-state index is -0.823. The first-order valence-corrected chi connectivity index (χ1v) is 24.0. The molecule has 6 heteroatoms. The van der Waals surface area contributed by atoms with Crippen molar-refractivity contribution >= 4 is 17.9 Å². The summed E-state index contributed by atoms with van der Waals surface area (Å²) < 4.78 is 16.7. The Bertz CT molecular complexity index is 1440. The van der Waals surface area contributed by atoms with E-state index in [1.807, 2.05) is 66.8 Å². The smallest absolute Gasteiger partial charge is 0.306 e. The highest BCUT2D eigenvalue weighted by atomic mass is 16.6. The van der Waals surface area contributed by atoms with Crippen molar-refractivity contribution in [1.29, 1.82) is 0 Å². The molecule has 0 spiro atoms. The van der Waals surface area contributed by atoms with Gasteiger partial charge in [0.05, 0.1) is 0 Å². The maximum absolute atomic E-state index is 12.8. The van der Waals surface area contributed by atoms with Crippen molar-refractivity contribution in [3.8, 4) is 0 Å². The molecule has 0 bridgehead atoms. The first-order chi connectivity index (χ1) is 30.5. The third-order valence-electron chi connectivity index (χ3n) is 9.29. The summed E-state index contributed by atoms with van der Waals surface area (Å²) >= 11 is 0. The van der Waals surface area contributed by atoms with Gasteiger partial charge in [-0.15, -0.1) is 0 Å². The lowest BCUT2D eigenvalue weighted by molar-refractivity contribution is -0.167. The van der Waals surface area contributed by atoms with Gasteiger partial charge in [-0.2, -0.15) is 0 Å². The van der Waals surface area contributed by atoms with E-state index in [1.54, 1.807) is 0 Å². The molecule has 0 aliphatic rings. The molecule has 0 aromatic heterocycles. The van der Waals surface area contributed by atoms with Gasteiger partial charge in [0.25, 0.3) is 0 Å². The van der Waals surface area contributed by atoms with Crippen LogP contribution in [0.4, 0.5) is 0 Å². The molecule has 0 aliphatic carbocycles. The number of hydrogen-bond donors (Lipinski definition) is 0. The lowest BCUT2D eigenvalue weighted by Crippen LogP contribution is -2.30. The van der Waals surface area contributed by atoms with Crippen LogP contribution in [0.3, 0.4) is 0 Å². The van der Waals surface area contributed by atoms with E-state index in [4.69, 9.17) is 14.2 Å². The molecule has 62 heavy (non-hydrogen) atoms. The van der Waals surface area contributed by atoms with Crippen molar-refractivity contribution in [1.82, 2.24) is 0 Å². The molecule has 344 valence electrons. The van der Waals surface area contributed by atoms with Crippen LogP contribution in [-0.2, 0) is 28.6 Å². The maximum atomic E-state index is 12.8. The largest absolute Gasteiger partial charge is 0.462 e. The first-order valence-electron chi connectivity index (χ1n) is 24.0. The molecule has 0 N–H and O–H groups in total. The van der Waals surface area contributed by atoms with Crippen LogP contribution in [0.25, 0.3) is 0 Å². The predicted molar refractivity (Wildman–Crippen MR) is 265 cm³/mol. The molecule has 0 radical (unpaired) electrons. The average molecular weight is 853 g/mol. The van der Waals surface area contributed by atoms with Crippen LogP contribution in [0, 0.1) is 0 Å². The third kappa shape index (κ3) is 46.4. The van der Waals surface area contributed by atoms with Crippen molar-refractivity contribution in [3.63, 3.8) is 0 Å². The van der Waals surface area contributed by atoms with Gasteiger partial charge in [0.15, 0.2) is 6.10 Å². The number of allylic oxidation sites excluding steroid dienone is 24. The van der Waals surface area contributed by atoms with E-state index in [0.717, 1.165) is 122 Å². The highest BCUT2D eigenvalue weighted by molar-refractivity contribution is 5.71. The van der Waals surface area contributed by atoms with Gasteiger partial charge in [0.2, 0.25) is 0 Å². The molecule has 0 amide bonds. The van der Waals surface area contributed by atoms with Gasteiger partial charge in [-0.25, -0.2) is 0 Å². The van der Waals surface area contributed by atoms with Crippen LogP contribution < -0.4 is 0 Å². The monoisotopic (exact) mass is 853 g/mol. The first kappa shape index (κ1) is 57.3. The minimum Gasteiger partial charge on any atom is -0.462 e. The molecule has 0 aromatic rings. The predicted octanol–water partition coefficient (Wildman–Crippen LogP) is 15.7. The molecule has 0 heterocycles. The van der Waals surface area contributed by atoms with Crippen molar-refractivity contribution in [2.75, 3.05) is 13.2 Å². The van der Waals surface area contributed by atoms with Gasteiger partial charge in [-0.05, 0) is 89.9 Å². The molecule has 0 saturated carbocycles. The fraction of sp³-hybridized carbons (Fsp3) is 0.518. The third-order valence-corrected chi connectivity index (χ3v) is 9.29. The van der Waals surface area contributed by atoms with E-state index in [0.29, 0.717) is 19.3 Å². The van der Waals surface area contributed by atoms with Crippen LogP contribution in [-0.4, -0.2) is 37.2 Å². The Balaban J connectivity index is 4.59. The summed E-state index contributed by atoms with van der Waals surface area (Å²) in [5, 5.41) is 0. The Morgan fingerprint density at radius 1 is 0.339 bits per heavy atom. The van der Waals surface area contributed by atoms with E-state index in [1.165, 1.54) is 0 Å².